The van der Waals surface area contributed by atoms with Crippen LogP contribution in [0.4, 0.5) is 5.13 Å². The molecule has 2 heterocycles. The molecule has 0 unspecified atom stereocenters. The Bertz CT molecular complexity index is 1210. The average Bonchev–Trinajstić information content (AvgIpc) is 3.24. The van der Waals surface area contributed by atoms with Crippen molar-refractivity contribution in [2.45, 2.75) is 18.7 Å². The third-order valence-corrected chi connectivity index (χ3v) is 7.03. The average molecular weight is 451 g/mol. The second-order valence-electron chi connectivity index (χ2n) is 6.69. The molecular formula is C19H22N4O5S2. The fourth-order valence-corrected chi connectivity index (χ4v) is 4.97. The van der Waals surface area contributed by atoms with Crippen LogP contribution < -0.4 is 5.32 Å². The molecule has 2 aromatic heterocycles. The first kappa shape index (κ1) is 21.9. The molecule has 9 nitrogen and oxygen atoms in total. The lowest BCUT2D eigenvalue weighted by atomic mass is 10.2. The number of rotatable bonds is 7. The number of nitrogens with zero attached hydrogens (tertiary/aromatic N) is 3. The number of hydrogen-bond donors (Lipinski definition) is 1. The van der Waals surface area contributed by atoms with Gasteiger partial charge in [0.05, 0.1) is 23.4 Å². The van der Waals surface area contributed by atoms with Crippen LogP contribution in [0.15, 0.2) is 35.4 Å². The van der Waals surface area contributed by atoms with E-state index in [4.69, 9.17) is 4.74 Å². The number of aryl methyl sites for hydroxylation is 2. The number of ether oxygens (including phenoxy) is 1. The van der Waals surface area contributed by atoms with E-state index in [0.717, 1.165) is 20.1 Å². The highest BCUT2D eigenvalue weighted by Crippen LogP contribution is 2.26. The topological polar surface area (TPSA) is 111 Å². The van der Waals surface area contributed by atoms with Gasteiger partial charge in [0, 0.05) is 20.3 Å². The Hall–Kier alpha value is -2.76. The first-order valence-corrected chi connectivity index (χ1v) is 11.3. The van der Waals surface area contributed by atoms with Crippen LogP contribution in [0.3, 0.4) is 0 Å². The van der Waals surface area contributed by atoms with Crippen LogP contribution in [-0.2, 0) is 26.6 Å². The van der Waals surface area contributed by atoms with Crippen molar-refractivity contribution < 1.29 is 22.7 Å². The molecule has 0 atom stereocenters. The predicted octanol–water partition coefficient (Wildman–Crippen LogP) is 2.38. The van der Waals surface area contributed by atoms with Gasteiger partial charge in [0.2, 0.25) is 15.9 Å². The summed E-state index contributed by atoms with van der Waals surface area (Å²) in [7, 11) is -1.13. The molecule has 0 bridgehead atoms. The van der Waals surface area contributed by atoms with E-state index in [1.54, 1.807) is 14.0 Å². The number of carbonyl (C=O) groups excluding carboxylic acids is 2. The van der Waals surface area contributed by atoms with Crippen LogP contribution in [0, 0.1) is 6.92 Å². The number of hydrogen-bond acceptors (Lipinski definition) is 7. The summed E-state index contributed by atoms with van der Waals surface area (Å²) < 4.78 is 33.8. The van der Waals surface area contributed by atoms with Crippen molar-refractivity contribution in [2.24, 2.45) is 7.05 Å². The molecule has 0 radical (unpaired) electrons. The molecule has 1 N–H and O–H groups in total. The van der Waals surface area contributed by atoms with Crippen molar-refractivity contribution in [1.29, 1.82) is 0 Å². The molecule has 160 valence electrons. The van der Waals surface area contributed by atoms with Gasteiger partial charge in [-0.25, -0.2) is 18.2 Å². The Balaban J connectivity index is 1.72. The minimum Gasteiger partial charge on any atom is -0.461 e. The maximum atomic E-state index is 12.8. The van der Waals surface area contributed by atoms with Gasteiger partial charge in [0.25, 0.3) is 0 Å². The van der Waals surface area contributed by atoms with E-state index in [1.807, 2.05) is 25.1 Å². The van der Waals surface area contributed by atoms with Gasteiger partial charge in [-0.05, 0) is 37.6 Å². The molecule has 0 aliphatic heterocycles. The van der Waals surface area contributed by atoms with Gasteiger partial charge in [0.15, 0.2) is 5.13 Å². The molecule has 3 aromatic rings. The molecule has 3 rings (SSSR count). The number of sulfonamides is 1. The second kappa shape index (κ2) is 8.54. The molecule has 1 amide bonds. The number of aromatic nitrogens is 2. The minimum atomic E-state index is -3.98. The number of fused-ring (bicyclic) bond motifs is 1. The van der Waals surface area contributed by atoms with E-state index in [9.17, 15) is 18.0 Å². The van der Waals surface area contributed by atoms with E-state index in [2.05, 4.69) is 10.3 Å². The van der Waals surface area contributed by atoms with Gasteiger partial charge in [-0.2, -0.15) is 4.31 Å². The number of amides is 1. The van der Waals surface area contributed by atoms with Crippen LogP contribution in [-0.4, -0.2) is 54.3 Å². The summed E-state index contributed by atoms with van der Waals surface area (Å²) in [5.74, 6) is -1.13. The Morgan fingerprint density at radius 3 is 2.73 bits per heavy atom. The SMILES string of the molecule is CCOC(=O)c1cc(S(=O)(=O)N(C)CC(=O)Nc2nc3ccc(C)cc3s2)cn1C. The highest BCUT2D eigenvalue weighted by Gasteiger charge is 2.27. The van der Waals surface area contributed by atoms with Crippen LogP contribution in [0.1, 0.15) is 23.0 Å². The summed E-state index contributed by atoms with van der Waals surface area (Å²) in [6.45, 7) is 3.41. The standard InChI is InChI=1S/C19H22N4O5S2/c1-5-28-18(25)15-9-13(10-22(15)3)30(26,27)23(4)11-17(24)21-19-20-14-7-6-12(2)8-16(14)29-19/h6-10H,5,11H2,1-4H3,(H,20,21,24). The first-order chi connectivity index (χ1) is 14.1. The number of benzene rings is 1. The Morgan fingerprint density at radius 2 is 2.03 bits per heavy atom. The molecule has 11 heteroatoms. The predicted molar refractivity (Wildman–Crippen MR) is 114 cm³/mol. The number of anilines is 1. The number of nitrogens with one attached hydrogen (secondary N) is 1. The smallest absolute Gasteiger partial charge is 0.354 e. The lowest BCUT2D eigenvalue weighted by Gasteiger charge is -2.15. The maximum Gasteiger partial charge on any atom is 0.354 e. The van der Waals surface area contributed by atoms with Gasteiger partial charge < -0.3 is 14.6 Å². The van der Waals surface area contributed by atoms with Crippen LogP contribution in [0.5, 0.6) is 0 Å². The van der Waals surface area contributed by atoms with E-state index in [-0.39, 0.29) is 17.2 Å². The van der Waals surface area contributed by atoms with Crippen molar-refractivity contribution in [1.82, 2.24) is 13.9 Å². The van der Waals surface area contributed by atoms with Gasteiger partial charge in [0.1, 0.15) is 10.6 Å². The van der Waals surface area contributed by atoms with Crippen molar-refractivity contribution in [3.8, 4) is 0 Å². The third-order valence-electron chi connectivity index (χ3n) is 4.33. The van der Waals surface area contributed by atoms with E-state index >= 15 is 0 Å². The van der Waals surface area contributed by atoms with E-state index < -0.39 is 28.4 Å². The van der Waals surface area contributed by atoms with Crippen molar-refractivity contribution in [2.75, 3.05) is 25.5 Å². The van der Waals surface area contributed by atoms with E-state index in [1.165, 1.54) is 35.2 Å². The normalized spacial score (nSPS) is 11.8. The monoisotopic (exact) mass is 450 g/mol. The Morgan fingerprint density at radius 1 is 1.30 bits per heavy atom. The quantitative estimate of drug-likeness (QED) is 0.554. The number of likely N-dealkylation sites (N-methyl/N-ethyl adjacent to an activating group) is 1. The molecule has 0 aliphatic rings. The number of carbonyl (C=O) groups is 2. The summed E-state index contributed by atoms with van der Waals surface area (Å²) in [6.07, 6.45) is 1.31. The summed E-state index contributed by atoms with van der Waals surface area (Å²) in [6, 6.07) is 7.00. The van der Waals surface area contributed by atoms with Crippen LogP contribution in [0.2, 0.25) is 0 Å². The summed E-state index contributed by atoms with van der Waals surface area (Å²) in [5.41, 5.74) is 1.95. The number of esters is 1. The van der Waals surface area contributed by atoms with Crippen LogP contribution >= 0.6 is 11.3 Å². The third kappa shape index (κ3) is 4.53. The molecule has 0 spiro atoms. The second-order valence-corrected chi connectivity index (χ2v) is 9.77. The van der Waals surface area contributed by atoms with Crippen molar-refractivity contribution in [3.63, 3.8) is 0 Å². The molecule has 1 aromatic carbocycles. The highest BCUT2D eigenvalue weighted by atomic mass is 32.2. The highest BCUT2D eigenvalue weighted by molar-refractivity contribution is 7.89. The largest absolute Gasteiger partial charge is 0.461 e. The van der Waals surface area contributed by atoms with Crippen LogP contribution in [0.25, 0.3) is 10.2 Å². The Kier molecular flexibility index (Phi) is 6.25. The fourth-order valence-electron chi connectivity index (χ4n) is 2.79. The summed E-state index contributed by atoms with van der Waals surface area (Å²) in [5, 5.41) is 3.04. The maximum absolute atomic E-state index is 12.8. The zero-order valence-electron chi connectivity index (χ0n) is 17.0. The number of thiazole rings is 1. The molecule has 0 saturated carbocycles. The van der Waals surface area contributed by atoms with Gasteiger partial charge in [-0.3, -0.25) is 4.79 Å². The van der Waals surface area contributed by atoms with Gasteiger partial charge in [-0.15, -0.1) is 0 Å². The lowest BCUT2D eigenvalue weighted by molar-refractivity contribution is -0.116. The molecule has 0 saturated heterocycles. The molecule has 0 aliphatic carbocycles. The summed E-state index contributed by atoms with van der Waals surface area (Å²) >= 11 is 1.32. The minimum absolute atomic E-state index is 0.0983. The summed E-state index contributed by atoms with van der Waals surface area (Å²) in [4.78, 5) is 28.5. The Labute approximate surface area is 178 Å². The fraction of sp³-hybridized carbons (Fsp3) is 0.316. The van der Waals surface area contributed by atoms with Gasteiger partial charge in [-0.1, -0.05) is 17.4 Å². The van der Waals surface area contributed by atoms with Gasteiger partial charge >= 0.3 is 5.97 Å². The molecular weight excluding hydrogens is 428 g/mol. The van der Waals surface area contributed by atoms with E-state index in [0.29, 0.717) is 5.13 Å². The lowest BCUT2D eigenvalue weighted by Crippen LogP contribution is -2.34. The molecule has 30 heavy (non-hydrogen) atoms. The molecule has 0 fully saturated rings. The first-order valence-electron chi connectivity index (χ1n) is 9.08. The zero-order chi connectivity index (χ0) is 22.1. The zero-order valence-corrected chi connectivity index (χ0v) is 18.6. The van der Waals surface area contributed by atoms with Crippen molar-refractivity contribution in [3.05, 3.63) is 41.7 Å². The van der Waals surface area contributed by atoms with Crippen molar-refractivity contribution >= 4 is 48.6 Å².